The molecule has 0 saturated carbocycles. The molecule has 0 aliphatic rings. The van der Waals surface area contributed by atoms with E-state index in [-0.39, 0.29) is 11.0 Å². The Kier molecular flexibility index (Phi) is 5.19. The predicted octanol–water partition coefficient (Wildman–Crippen LogP) is 6.28. The van der Waals surface area contributed by atoms with E-state index in [4.69, 9.17) is 4.74 Å². The Labute approximate surface area is 141 Å². The first kappa shape index (κ1) is 17.6. The number of benzene rings is 2. The van der Waals surface area contributed by atoms with Crippen molar-refractivity contribution in [2.45, 2.75) is 65.4 Å². The van der Waals surface area contributed by atoms with Crippen LogP contribution in [0.25, 0.3) is 0 Å². The van der Waals surface area contributed by atoms with Crippen LogP contribution in [0.3, 0.4) is 0 Å². The van der Waals surface area contributed by atoms with E-state index < -0.39 is 0 Å². The van der Waals surface area contributed by atoms with Crippen molar-refractivity contribution in [2.24, 2.45) is 0 Å². The standard InChI is InChI=1S/C22H30O/c1-7-16-21(3,4)23-20-14-12-19(13-15-20)22(5,6)18-10-8-17(2)9-11-18/h8-15H,7,16H2,1-6H3. The zero-order valence-electron chi connectivity index (χ0n) is 15.4. The molecule has 0 aliphatic carbocycles. The lowest BCUT2D eigenvalue weighted by Crippen LogP contribution is -2.27. The first-order valence-electron chi connectivity index (χ1n) is 8.61. The molecule has 2 rings (SSSR count). The molecule has 0 bridgehead atoms. The van der Waals surface area contributed by atoms with Gasteiger partial charge in [0.2, 0.25) is 0 Å². The van der Waals surface area contributed by atoms with Crippen LogP contribution in [0, 0.1) is 6.92 Å². The second kappa shape index (κ2) is 6.78. The maximum Gasteiger partial charge on any atom is 0.120 e. The second-order valence-electron chi connectivity index (χ2n) is 7.63. The minimum Gasteiger partial charge on any atom is -0.488 e. The van der Waals surface area contributed by atoms with Crippen LogP contribution < -0.4 is 4.74 Å². The molecule has 2 aromatic carbocycles. The van der Waals surface area contributed by atoms with Crippen molar-refractivity contribution in [1.29, 1.82) is 0 Å². The van der Waals surface area contributed by atoms with Crippen molar-refractivity contribution < 1.29 is 4.74 Å². The summed E-state index contributed by atoms with van der Waals surface area (Å²) in [4.78, 5) is 0. The minimum atomic E-state index is -0.108. The zero-order chi connectivity index (χ0) is 17.1. The van der Waals surface area contributed by atoms with Crippen LogP contribution in [0.2, 0.25) is 0 Å². The van der Waals surface area contributed by atoms with Crippen molar-refractivity contribution >= 4 is 0 Å². The van der Waals surface area contributed by atoms with Gasteiger partial charge in [-0.15, -0.1) is 0 Å². The van der Waals surface area contributed by atoms with Crippen molar-refractivity contribution in [1.82, 2.24) is 0 Å². The number of hydrogen-bond donors (Lipinski definition) is 0. The van der Waals surface area contributed by atoms with E-state index in [1.165, 1.54) is 16.7 Å². The van der Waals surface area contributed by atoms with Gasteiger partial charge in [0.05, 0.1) is 0 Å². The molecule has 0 unspecified atom stereocenters. The van der Waals surface area contributed by atoms with E-state index in [2.05, 4.69) is 90.1 Å². The van der Waals surface area contributed by atoms with Gasteiger partial charge in [-0.2, -0.15) is 0 Å². The average molecular weight is 310 g/mol. The number of aryl methyl sites for hydroxylation is 1. The van der Waals surface area contributed by atoms with Gasteiger partial charge in [-0.05, 0) is 50.5 Å². The fraction of sp³-hybridized carbons (Fsp3) is 0.455. The summed E-state index contributed by atoms with van der Waals surface area (Å²) >= 11 is 0. The summed E-state index contributed by atoms with van der Waals surface area (Å²) in [6, 6.07) is 17.4. The Hall–Kier alpha value is -1.76. The molecular weight excluding hydrogens is 280 g/mol. The van der Waals surface area contributed by atoms with Crippen LogP contribution in [-0.2, 0) is 5.41 Å². The third-order valence-corrected chi connectivity index (χ3v) is 4.60. The summed E-state index contributed by atoms with van der Waals surface area (Å²) in [6.07, 6.45) is 2.19. The molecule has 0 aliphatic heterocycles. The second-order valence-corrected chi connectivity index (χ2v) is 7.63. The number of hydrogen-bond acceptors (Lipinski definition) is 1. The van der Waals surface area contributed by atoms with Crippen LogP contribution in [0.5, 0.6) is 5.75 Å². The molecule has 23 heavy (non-hydrogen) atoms. The van der Waals surface area contributed by atoms with Gasteiger partial charge in [-0.1, -0.05) is 69.2 Å². The molecule has 0 aromatic heterocycles. The first-order chi connectivity index (χ1) is 10.7. The quantitative estimate of drug-likeness (QED) is 0.610. The summed E-state index contributed by atoms with van der Waals surface area (Å²) in [6.45, 7) is 13.2. The Bertz CT molecular complexity index is 618. The van der Waals surface area contributed by atoms with E-state index >= 15 is 0 Å². The lowest BCUT2D eigenvalue weighted by molar-refractivity contribution is 0.0985. The molecule has 2 aromatic rings. The lowest BCUT2D eigenvalue weighted by atomic mass is 9.78. The molecule has 0 atom stereocenters. The van der Waals surface area contributed by atoms with Gasteiger partial charge >= 0.3 is 0 Å². The number of rotatable bonds is 6. The van der Waals surface area contributed by atoms with Gasteiger partial charge in [0.25, 0.3) is 0 Å². The predicted molar refractivity (Wildman–Crippen MR) is 99.4 cm³/mol. The fourth-order valence-corrected chi connectivity index (χ4v) is 3.05. The Balaban J connectivity index is 2.19. The largest absolute Gasteiger partial charge is 0.488 e. The van der Waals surface area contributed by atoms with Crippen molar-refractivity contribution in [2.75, 3.05) is 0 Å². The van der Waals surface area contributed by atoms with Gasteiger partial charge in [0, 0.05) is 5.41 Å². The van der Waals surface area contributed by atoms with E-state index in [1.807, 2.05) is 0 Å². The average Bonchev–Trinajstić information content (AvgIpc) is 2.47. The summed E-state index contributed by atoms with van der Waals surface area (Å²) in [7, 11) is 0. The highest BCUT2D eigenvalue weighted by Crippen LogP contribution is 2.33. The van der Waals surface area contributed by atoms with Crippen LogP contribution >= 0.6 is 0 Å². The highest BCUT2D eigenvalue weighted by atomic mass is 16.5. The third kappa shape index (κ3) is 4.37. The lowest BCUT2D eigenvalue weighted by Gasteiger charge is -2.28. The SMILES string of the molecule is CCCC(C)(C)Oc1ccc(C(C)(C)c2ccc(C)cc2)cc1. The van der Waals surface area contributed by atoms with E-state index in [0.29, 0.717) is 0 Å². The normalized spacial score (nSPS) is 12.3. The molecule has 0 saturated heterocycles. The maximum absolute atomic E-state index is 6.13. The molecule has 0 heterocycles. The highest BCUT2D eigenvalue weighted by Gasteiger charge is 2.23. The molecular formula is C22H30O. The van der Waals surface area contributed by atoms with Crippen LogP contribution in [0.1, 0.15) is 64.2 Å². The molecule has 124 valence electrons. The van der Waals surface area contributed by atoms with E-state index in [0.717, 1.165) is 18.6 Å². The van der Waals surface area contributed by atoms with E-state index in [9.17, 15) is 0 Å². The number of ether oxygens (including phenoxy) is 1. The summed E-state index contributed by atoms with van der Waals surface area (Å²) in [5.41, 5.74) is 3.82. The molecule has 0 radical (unpaired) electrons. The molecule has 0 N–H and O–H groups in total. The third-order valence-electron chi connectivity index (χ3n) is 4.60. The highest BCUT2D eigenvalue weighted by molar-refractivity contribution is 5.40. The monoisotopic (exact) mass is 310 g/mol. The first-order valence-corrected chi connectivity index (χ1v) is 8.61. The summed E-state index contributed by atoms with van der Waals surface area (Å²) in [5, 5.41) is 0. The van der Waals surface area contributed by atoms with E-state index in [1.54, 1.807) is 0 Å². The molecule has 0 amide bonds. The molecule has 1 heteroatoms. The van der Waals surface area contributed by atoms with Crippen molar-refractivity contribution in [3.05, 3.63) is 65.2 Å². The zero-order valence-corrected chi connectivity index (χ0v) is 15.4. The Morgan fingerprint density at radius 3 is 1.74 bits per heavy atom. The maximum atomic E-state index is 6.13. The fourth-order valence-electron chi connectivity index (χ4n) is 3.05. The molecule has 1 nitrogen and oxygen atoms in total. The Morgan fingerprint density at radius 2 is 1.26 bits per heavy atom. The van der Waals surface area contributed by atoms with Crippen molar-refractivity contribution in [3.8, 4) is 5.75 Å². The van der Waals surface area contributed by atoms with Crippen LogP contribution in [0.15, 0.2) is 48.5 Å². The van der Waals surface area contributed by atoms with Crippen LogP contribution in [0.4, 0.5) is 0 Å². The summed E-state index contributed by atoms with van der Waals surface area (Å²) < 4.78 is 6.13. The Morgan fingerprint density at radius 1 is 0.783 bits per heavy atom. The van der Waals surface area contributed by atoms with Crippen molar-refractivity contribution in [3.63, 3.8) is 0 Å². The van der Waals surface area contributed by atoms with Gasteiger partial charge in [-0.25, -0.2) is 0 Å². The molecule has 0 spiro atoms. The van der Waals surface area contributed by atoms with Gasteiger partial charge < -0.3 is 4.74 Å². The smallest absolute Gasteiger partial charge is 0.120 e. The summed E-state index contributed by atoms with van der Waals surface area (Å²) in [5.74, 6) is 0.951. The van der Waals surface area contributed by atoms with Crippen LogP contribution in [-0.4, -0.2) is 5.60 Å². The topological polar surface area (TPSA) is 9.23 Å². The molecule has 0 fully saturated rings. The van der Waals surface area contributed by atoms with Gasteiger partial charge in [0.15, 0.2) is 0 Å². The minimum absolute atomic E-state index is 0.00876. The van der Waals surface area contributed by atoms with Gasteiger partial charge in [0.1, 0.15) is 11.4 Å². The van der Waals surface area contributed by atoms with Gasteiger partial charge in [-0.3, -0.25) is 0 Å².